The van der Waals surface area contributed by atoms with Gasteiger partial charge in [0, 0.05) is 5.56 Å². The van der Waals surface area contributed by atoms with Crippen LogP contribution < -0.4 is 4.52 Å². The normalized spacial score (nSPS) is 21.8. The van der Waals surface area contributed by atoms with Crippen molar-refractivity contribution >= 4 is 20.4 Å². The van der Waals surface area contributed by atoms with Crippen LogP contribution in [0.3, 0.4) is 0 Å². The summed E-state index contributed by atoms with van der Waals surface area (Å²) in [5.74, 6) is 0.474. The fourth-order valence-electron chi connectivity index (χ4n) is 10.8. The van der Waals surface area contributed by atoms with Gasteiger partial charge in [-0.3, -0.25) is 9.05 Å². The Morgan fingerprint density at radius 1 is 0.493 bits per heavy atom. The molecule has 0 N–H and O–H groups in total. The van der Waals surface area contributed by atoms with Gasteiger partial charge in [-0.25, -0.2) is 9.98 Å². The Morgan fingerprint density at radius 3 is 1.36 bits per heavy atom. The number of aliphatic imine (C=N–C) groups is 2. The van der Waals surface area contributed by atoms with Gasteiger partial charge in [0.2, 0.25) is 0 Å². The van der Waals surface area contributed by atoms with Gasteiger partial charge in [0.05, 0.1) is 0 Å². The van der Waals surface area contributed by atoms with Gasteiger partial charge in [-0.15, -0.1) is 0 Å². The molecular weight excluding hydrogens is 928 g/mol. The average Bonchev–Trinajstić information content (AvgIpc) is 4.22. The molecular formula is C63H55N2O7P. The molecule has 2 fully saturated rings. The van der Waals surface area contributed by atoms with Gasteiger partial charge in [-0.1, -0.05) is 224 Å². The first kappa shape index (κ1) is 46.8. The fourth-order valence-corrected chi connectivity index (χ4v) is 12.3. The van der Waals surface area contributed by atoms with Crippen molar-refractivity contribution in [2.45, 2.75) is 61.5 Å². The van der Waals surface area contributed by atoms with Crippen LogP contribution in [0.5, 0.6) is 5.75 Å². The summed E-state index contributed by atoms with van der Waals surface area (Å²) in [4.78, 5) is 10.3. The quantitative estimate of drug-likeness (QED) is 0.106. The summed E-state index contributed by atoms with van der Waals surface area (Å²) in [7, 11) is -2.31. The highest BCUT2D eigenvalue weighted by Crippen LogP contribution is 2.65. The lowest BCUT2D eigenvalue weighted by Gasteiger charge is -2.41. The van der Waals surface area contributed by atoms with Gasteiger partial charge in [0.25, 0.3) is 0 Å². The Labute approximate surface area is 428 Å². The second-order valence-corrected chi connectivity index (χ2v) is 20.3. The van der Waals surface area contributed by atoms with E-state index in [2.05, 4.69) is 103 Å². The van der Waals surface area contributed by atoms with Crippen LogP contribution in [0, 0.1) is 5.92 Å². The average molecular weight is 983 g/mol. The number of para-hydroxylation sites is 1. The van der Waals surface area contributed by atoms with Gasteiger partial charge >= 0.3 is 8.60 Å². The van der Waals surface area contributed by atoms with Crippen LogP contribution in [0.2, 0.25) is 0 Å². The summed E-state index contributed by atoms with van der Waals surface area (Å²) in [6, 6.07) is 78.0. The van der Waals surface area contributed by atoms with Crippen molar-refractivity contribution in [1.82, 2.24) is 0 Å². The van der Waals surface area contributed by atoms with Crippen molar-refractivity contribution < 1.29 is 32.5 Å². The first-order chi connectivity index (χ1) is 35.9. The van der Waals surface area contributed by atoms with Crippen molar-refractivity contribution in [3.63, 3.8) is 0 Å². The minimum atomic E-state index is -2.31. The fraction of sp³-hybridized carbons (Fsp3) is 0.206. The zero-order valence-corrected chi connectivity index (χ0v) is 41.5. The van der Waals surface area contributed by atoms with Crippen molar-refractivity contribution in [3.05, 3.63) is 269 Å². The molecule has 0 bridgehead atoms. The Kier molecular flexibility index (Phi) is 12.8. The molecule has 12 rings (SSSR count). The van der Waals surface area contributed by atoms with E-state index in [1.54, 1.807) is 0 Å². The highest BCUT2D eigenvalue weighted by molar-refractivity contribution is 7.42. The SMILES string of the molecule is CC1(C)O[C@@H]2[C@@H](O1)C(c1ccccc1)(c1ccccc1)OP(Oc1ccccc1-c1cccc(CC(C3=N[C@H](c4ccccc4)CO3)C3=N[C@H](c4ccccc4)CO3)c1)OC2(c1ccccc1)c1ccccc1. The van der Waals surface area contributed by atoms with Gasteiger partial charge in [-0.05, 0) is 70.8 Å². The summed E-state index contributed by atoms with van der Waals surface area (Å²) in [5, 5.41) is 0. The molecule has 0 unspecified atom stereocenters. The van der Waals surface area contributed by atoms with Gasteiger partial charge < -0.3 is 23.5 Å². The third-order valence-electron chi connectivity index (χ3n) is 14.2. The van der Waals surface area contributed by atoms with E-state index in [1.807, 2.05) is 141 Å². The monoisotopic (exact) mass is 982 g/mol. The predicted octanol–water partition coefficient (Wildman–Crippen LogP) is 13.9. The van der Waals surface area contributed by atoms with Crippen LogP contribution in [0.15, 0.2) is 241 Å². The van der Waals surface area contributed by atoms with Gasteiger partial charge in [0.1, 0.15) is 49.2 Å². The number of rotatable bonds is 13. The number of hydrogen-bond donors (Lipinski definition) is 0. The van der Waals surface area contributed by atoms with Crippen LogP contribution in [-0.4, -0.2) is 43.0 Å². The van der Waals surface area contributed by atoms with Crippen molar-refractivity contribution in [3.8, 4) is 16.9 Å². The van der Waals surface area contributed by atoms with Crippen LogP contribution in [0.1, 0.15) is 64.9 Å². The highest BCUT2D eigenvalue weighted by atomic mass is 31.2. The molecule has 0 spiro atoms. The van der Waals surface area contributed by atoms with Crippen molar-refractivity contribution in [2.24, 2.45) is 15.9 Å². The molecule has 0 saturated carbocycles. The smallest absolute Gasteiger partial charge is 0.399 e. The van der Waals surface area contributed by atoms with Gasteiger partial charge in [0.15, 0.2) is 28.8 Å². The van der Waals surface area contributed by atoms with E-state index in [1.165, 1.54) is 0 Å². The number of nitrogens with zero attached hydrogens (tertiary/aromatic N) is 2. The van der Waals surface area contributed by atoms with E-state index in [0.29, 0.717) is 37.2 Å². The molecule has 0 amide bonds. The number of benzene rings is 8. The second kappa shape index (κ2) is 20.0. The topological polar surface area (TPSA) is 89.3 Å². The highest BCUT2D eigenvalue weighted by Gasteiger charge is 2.67. The molecule has 4 heterocycles. The van der Waals surface area contributed by atoms with Crippen LogP contribution in [0.4, 0.5) is 0 Å². The molecule has 8 aromatic carbocycles. The van der Waals surface area contributed by atoms with Crippen molar-refractivity contribution in [2.75, 3.05) is 13.2 Å². The first-order valence-electron chi connectivity index (χ1n) is 25.0. The molecule has 0 radical (unpaired) electrons. The standard InChI is InChI=1S/C63H55N2O7P/c1-61(2)68-57-58(69-61)63(50-34-17-7-18-35-50,51-36-19-8-20-37-51)72-73(71-62(57,48-30-13-5-14-31-48)49-32-15-6-16-33-49)70-56-39-22-21-38-52(56)47-29-23-24-44(40-47)41-53(59-64-54(42-66-59)45-25-9-3-10-26-45)60-65-55(43-67-60)46-27-11-4-12-28-46/h3-40,53-55,57-58H,41-43H2,1-2H3/t54-,55-,57+,58+/m0/s1. The van der Waals surface area contributed by atoms with E-state index in [-0.39, 0.29) is 18.0 Å². The third-order valence-corrected chi connectivity index (χ3v) is 15.4. The summed E-state index contributed by atoms with van der Waals surface area (Å²) in [5.41, 5.74) is 6.02. The van der Waals surface area contributed by atoms with Crippen LogP contribution in [0.25, 0.3) is 11.1 Å². The number of ether oxygens (including phenoxy) is 4. The molecule has 0 aromatic heterocycles. The number of hydrogen-bond acceptors (Lipinski definition) is 9. The molecule has 4 aliphatic heterocycles. The Morgan fingerprint density at radius 2 is 0.904 bits per heavy atom. The van der Waals surface area contributed by atoms with E-state index >= 15 is 0 Å². The van der Waals surface area contributed by atoms with E-state index in [0.717, 1.165) is 50.1 Å². The molecule has 10 heteroatoms. The predicted molar refractivity (Wildman–Crippen MR) is 285 cm³/mol. The van der Waals surface area contributed by atoms with Crippen LogP contribution >= 0.6 is 8.60 Å². The van der Waals surface area contributed by atoms with E-state index in [4.69, 9.17) is 42.5 Å². The molecule has 9 nitrogen and oxygen atoms in total. The largest absolute Gasteiger partial charge is 0.478 e. The minimum absolute atomic E-state index is 0.120. The van der Waals surface area contributed by atoms with E-state index < -0.39 is 37.8 Å². The molecule has 2 saturated heterocycles. The summed E-state index contributed by atoms with van der Waals surface area (Å²) in [6.07, 6.45) is -0.934. The molecule has 4 atom stereocenters. The van der Waals surface area contributed by atoms with Gasteiger partial charge in [-0.2, -0.15) is 0 Å². The van der Waals surface area contributed by atoms with Crippen LogP contribution in [-0.2, 0) is 45.6 Å². The number of fused-ring (bicyclic) bond motifs is 1. The maximum atomic E-state index is 7.70. The lowest BCUT2D eigenvalue weighted by Crippen LogP contribution is -2.53. The summed E-state index contributed by atoms with van der Waals surface area (Å²) >= 11 is 0. The second-order valence-electron chi connectivity index (χ2n) is 19.3. The van der Waals surface area contributed by atoms with Crippen molar-refractivity contribution in [1.29, 1.82) is 0 Å². The lowest BCUT2D eigenvalue weighted by molar-refractivity contribution is -0.175. The Balaban J connectivity index is 0.956. The van der Waals surface area contributed by atoms with E-state index in [9.17, 15) is 0 Å². The minimum Gasteiger partial charge on any atom is -0.478 e. The molecule has 364 valence electrons. The zero-order chi connectivity index (χ0) is 49.2. The lowest BCUT2D eigenvalue weighted by atomic mass is 9.72. The molecule has 8 aromatic rings. The zero-order valence-electron chi connectivity index (χ0n) is 40.6. The Bertz CT molecular complexity index is 2970. The first-order valence-corrected chi connectivity index (χ1v) is 26.1. The summed E-state index contributed by atoms with van der Waals surface area (Å²) in [6.45, 7) is 4.82. The summed E-state index contributed by atoms with van der Waals surface area (Å²) < 4.78 is 50.1. The maximum Gasteiger partial charge on any atom is 0.399 e. The molecule has 0 aliphatic carbocycles. The molecule has 4 aliphatic rings. The third kappa shape index (κ3) is 9.07. The Hall–Kier alpha value is -7.23. The maximum absolute atomic E-state index is 7.70. The molecule has 73 heavy (non-hydrogen) atoms.